The molecule has 218 valence electrons. The summed E-state index contributed by atoms with van der Waals surface area (Å²) in [4.78, 5) is 0. The van der Waals surface area contributed by atoms with Crippen LogP contribution < -0.4 is 5.32 Å². The molecule has 1 N–H and O–H groups in total. The Morgan fingerprint density at radius 1 is 0.537 bits per heavy atom. The van der Waals surface area contributed by atoms with Crippen molar-refractivity contribution >= 4 is 11.4 Å². The van der Waals surface area contributed by atoms with Gasteiger partial charge < -0.3 is 16.0 Å². The summed E-state index contributed by atoms with van der Waals surface area (Å²) in [5.41, 5.74) is 13.5. The summed E-state index contributed by atoms with van der Waals surface area (Å²) in [6.07, 6.45) is 0. The number of nitrogens with zero attached hydrogens (tertiary/aromatic N) is 2. The summed E-state index contributed by atoms with van der Waals surface area (Å²) in [6.45, 7) is 25.9. The second-order valence-electron chi connectivity index (χ2n) is 10.3. The number of rotatable bonds is 8. The van der Waals surface area contributed by atoms with Crippen LogP contribution in [0, 0.1) is 62.3 Å². The molecular weight excluding hydrogens is 665 g/mol. The van der Waals surface area contributed by atoms with E-state index in [9.17, 15) is 0 Å². The van der Waals surface area contributed by atoms with Gasteiger partial charge in [-0.05, 0) is 72.7 Å². The summed E-state index contributed by atoms with van der Waals surface area (Å²) >= 11 is 0. The molecule has 0 amide bonds. The van der Waals surface area contributed by atoms with Crippen LogP contribution in [-0.2, 0) is 25.8 Å². The first kappa shape index (κ1) is 36.1. The van der Waals surface area contributed by atoms with Crippen LogP contribution in [-0.4, -0.2) is 26.2 Å². The fourth-order valence-electron chi connectivity index (χ4n) is 4.51. The molecule has 4 rings (SSSR count). The zero-order valence-electron chi connectivity index (χ0n) is 26.1. The number of benzene rings is 4. The molecule has 0 saturated carbocycles. The quantitative estimate of drug-likeness (QED) is 0.110. The third-order valence-corrected chi connectivity index (χ3v) is 6.75. The van der Waals surface area contributed by atoms with Crippen LogP contribution in [0.4, 0.5) is 11.4 Å². The molecule has 0 heterocycles. The first-order valence-electron chi connectivity index (χ1n) is 14.0. The van der Waals surface area contributed by atoms with E-state index in [4.69, 9.17) is 10.6 Å². The molecule has 0 aromatic heterocycles. The number of hydrogen-bond acceptors (Lipinski definition) is 1. The molecule has 4 heteroatoms. The molecule has 0 unspecified atom stereocenters. The van der Waals surface area contributed by atoms with Crippen molar-refractivity contribution in [3.8, 4) is 0 Å². The van der Waals surface area contributed by atoms with Crippen molar-refractivity contribution < 1.29 is 25.8 Å². The largest absolute Gasteiger partial charge is 0.683 e. The summed E-state index contributed by atoms with van der Waals surface area (Å²) < 4.78 is 0. The average molecular weight is 712 g/mol. The number of hydrogen-bond donors (Lipinski definition) is 1. The summed E-state index contributed by atoms with van der Waals surface area (Å²) in [5, 5.41) is 13.0. The van der Waals surface area contributed by atoms with Gasteiger partial charge >= 0.3 is 0 Å². The normalized spacial score (nSPS) is 9.83. The van der Waals surface area contributed by atoms with E-state index < -0.39 is 0 Å². The molecule has 0 atom stereocenters. The molecule has 4 aromatic carbocycles. The minimum atomic E-state index is 0. The van der Waals surface area contributed by atoms with Crippen LogP contribution >= 0.6 is 0 Å². The van der Waals surface area contributed by atoms with Crippen LogP contribution in [0.3, 0.4) is 0 Å². The molecular formula is C37H47HfN3-4. The average Bonchev–Trinajstić information content (AvgIpc) is 2.91. The Kier molecular flexibility index (Phi) is 16.9. The summed E-state index contributed by atoms with van der Waals surface area (Å²) in [6, 6.07) is 26.4. The van der Waals surface area contributed by atoms with Gasteiger partial charge in [0.2, 0.25) is 0 Å². The fourth-order valence-corrected chi connectivity index (χ4v) is 4.51. The summed E-state index contributed by atoms with van der Waals surface area (Å²) in [7, 11) is 0. The zero-order valence-corrected chi connectivity index (χ0v) is 29.7. The van der Waals surface area contributed by atoms with E-state index in [1.807, 2.05) is 60.7 Å². The van der Waals surface area contributed by atoms with E-state index in [0.29, 0.717) is 0 Å². The Morgan fingerprint density at radius 3 is 1.37 bits per heavy atom. The molecule has 0 saturated heterocycles. The Bertz CT molecular complexity index is 1240. The standard InChI is InChI=1S/C23H33N3.2C7H7.Hf/c1-15-12-17(3)22(18(4)13-15)25-10-8-24-9-11-26-23-19(5)14-16(2)20(6)21(23)7;2*1-7-5-3-2-4-6-7;/h12-14,24H,8-11H2,1-7H3;2*2-6H,1H2;/q-2;2*-1;. The van der Waals surface area contributed by atoms with Gasteiger partial charge in [0.25, 0.3) is 0 Å². The molecule has 0 bridgehead atoms. The number of nitrogens with one attached hydrogen (secondary N) is 1. The van der Waals surface area contributed by atoms with Crippen LogP contribution in [0.15, 0.2) is 78.9 Å². The molecule has 0 fully saturated rings. The van der Waals surface area contributed by atoms with Gasteiger partial charge in [0.1, 0.15) is 0 Å². The second kappa shape index (κ2) is 19.2. The van der Waals surface area contributed by atoms with E-state index >= 15 is 0 Å². The van der Waals surface area contributed by atoms with Gasteiger partial charge in [-0.15, -0.1) is 48.7 Å². The van der Waals surface area contributed by atoms with Crippen molar-refractivity contribution in [3.63, 3.8) is 0 Å². The Hall–Kier alpha value is -2.95. The van der Waals surface area contributed by atoms with Crippen LogP contribution in [0.25, 0.3) is 10.6 Å². The molecule has 3 nitrogen and oxygen atoms in total. The van der Waals surface area contributed by atoms with Crippen LogP contribution in [0.1, 0.15) is 50.1 Å². The van der Waals surface area contributed by atoms with E-state index in [1.165, 1.54) is 38.9 Å². The summed E-state index contributed by atoms with van der Waals surface area (Å²) in [5.74, 6) is 0. The maximum absolute atomic E-state index is 4.81. The van der Waals surface area contributed by atoms with Crippen molar-refractivity contribution in [3.05, 3.63) is 153 Å². The molecule has 0 aliphatic rings. The third kappa shape index (κ3) is 13.1. The number of aryl methyl sites for hydroxylation is 5. The van der Waals surface area contributed by atoms with Gasteiger partial charge in [-0.1, -0.05) is 58.1 Å². The van der Waals surface area contributed by atoms with Crippen molar-refractivity contribution in [2.75, 3.05) is 26.2 Å². The van der Waals surface area contributed by atoms with E-state index in [1.54, 1.807) is 0 Å². The Balaban J connectivity index is 0.000000453. The monoisotopic (exact) mass is 713 g/mol. The van der Waals surface area contributed by atoms with Crippen molar-refractivity contribution in [1.82, 2.24) is 5.32 Å². The van der Waals surface area contributed by atoms with Gasteiger partial charge in [0.15, 0.2) is 0 Å². The Labute approximate surface area is 269 Å². The third-order valence-electron chi connectivity index (χ3n) is 6.75. The van der Waals surface area contributed by atoms with Crippen LogP contribution in [0.5, 0.6) is 0 Å². The van der Waals surface area contributed by atoms with Crippen molar-refractivity contribution in [2.24, 2.45) is 0 Å². The molecule has 0 aliphatic carbocycles. The van der Waals surface area contributed by atoms with Gasteiger partial charge in [0, 0.05) is 25.8 Å². The topological polar surface area (TPSA) is 40.2 Å². The van der Waals surface area contributed by atoms with Crippen LogP contribution in [0.2, 0.25) is 0 Å². The predicted molar refractivity (Wildman–Crippen MR) is 176 cm³/mol. The maximum Gasteiger partial charge on any atom is 0 e. The van der Waals surface area contributed by atoms with Gasteiger partial charge in [-0.3, -0.25) is 0 Å². The molecule has 0 radical (unpaired) electrons. The molecule has 41 heavy (non-hydrogen) atoms. The van der Waals surface area contributed by atoms with Crippen molar-refractivity contribution in [1.29, 1.82) is 0 Å². The zero-order chi connectivity index (χ0) is 29.5. The van der Waals surface area contributed by atoms with E-state index in [2.05, 4.69) is 85.8 Å². The maximum atomic E-state index is 4.81. The minimum Gasteiger partial charge on any atom is -0.683 e. The van der Waals surface area contributed by atoms with Gasteiger partial charge in [-0.25, -0.2) is 0 Å². The Morgan fingerprint density at radius 2 is 0.951 bits per heavy atom. The smallest absolute Gasteiger partial charge is 0 e. The first-order chi connectivity index (χ1) is 19.1. The SMILES string of the molecule is Cc1cc(C)c([N-]CCNCC[N-]c2c(C)cc(C)c(C)c2C)c(C)c1.[CH2-]c1ccccc1.[CH2-]c1ccccc1.[Hf]. The van der Waals surface area contributed by atoms with Gasteiger partial charge in [-0.2, -0.15) is 49.2 Å². The predicted octanol–water partition coefficient (Wildman–Crippen LogP) is 9.88. The molecule has 0 spiro atoms. The van der Waals surface area contributed by atoms with Crippen molar-refractivity contribution in [2.45, 2.75) is 48.5 Å². The molecule has 0 aliphatic heterocycles. The van der Waals surface area contributed by atoms with Gasteiger partial charge in [0.05, 0.1) is 0 Å². The van der Waals surface area contributed by atoms with E-state index in [0.717, 1.165) is 48.7 Å². The molecule has 4 aromatic rings. The second-order valence-corrected chi connectivity index (χ2v) is 10.3. The first-order valence-corrected chi connectivity index (χ1v) is 14.0. The fraction of sp³-hybridized carbons (Fsp3) is 0.297. The minimum absolute atomic E-state index is 0. The van der Waals surface area contributed by atoms with E-state index in [-0.39, 0.29) is 25.8 Å².